The number of carbonyl (C=O) groups is 1. The second-order valence-electron chi connectivity index (χ2n) is 8.48. The lowest BCUT2D eigenvalue weighted by molar-refractivity contribution is -0.118. The molecule has 0 aromatic heterocycles. The normalized spacial score (nSPS) is 12.1. The fourth-order valence-electron chi connectivity index (χ4n) is 3.76. The Morgan fingerprint density at radius 2 is 1.71 bits per heavy atom. The van der Waals surface area contributed by atoms with Gasteiger partial charge in [-0.3, -0.25) is 4.79 Å². The summed E-state index contributed by atoms with van der Waals surface area (Å²) in [5, 5.41) is 18.8. The molecule has 2 rings (SSSR count). The smallest absolute Gasteiger partial charge is 0.264 e. The zero-order valence-corrected chi connectivity index (χ0v) is 21.6. The number of hydrogen-bond acceptors (Lipinski definition) is 7. The van der Waals surface area contributed by atoms with Gasteiger partial charge in [-0.1, -0.05) is 27.7 Å². The van der Waals surface area contributed by atoms with Crippen molar-refractivity contribution in [3.8, 4) is 6.07 Å². The Bertz CT molecular complexity index is 1400. The van der Waals surface area contributed by atoms with Crippen LogP contribution in [0.4, 0.5) is 4.39 Å². The van der Waals surface area contributed by atoms with Crippen molar-refractivity contribution in [1.82, 2.24) is 9.44 Å². The van der Waals surface area contributed by atoms with Gasteiger partial charge in [0.05, 0.1) is 28.4 Å². The third-order valence-electron chi connectivity index (χ3n) is 5.42. The number of amides is 1. The summed E-state index contributed by atoms with van der Waals surface area (Å²) in [5.74, 6) is -2.23. The van der Waals surface area contributed by atoms with Gasteiger partial charge in [-0.15, -0.1) is 0 Å². The Kier molecular flexibility index (Phi) is 8.78. The van der Waals surface area contributed by atoms with Crippen LogP contribution in [0, 0.1) is 17.1 Å². The van der Waals surface area contributed by atoms with Crippen LogP contribution >= 0.6 is 0 Å². The lowest BCUT2D eigenvalue weighted by atomic mass is 9.85. The minimum atomic E-state index is -4.44. The molecule has 0 spiro atoms. The van der Waals surface area contributed by atoms with Gasteiger partial charge in [-0.2, -0.15) is 5.26 Å². The highest BCUT2D eigenvalue weighted by Gasteiger charge is 2.26. The monoisotopic (exact) mass is 525 g/mol. The molecule has 35 heavy (non-hydrogen) atoms. The number of halogens is 1. The SMILES string of the molecule is CNS(=O)(=O)c1ccc(S(=O)(=O)NC(=O)Cc2c(C(C)C)cc(C#N)c(F)c2C(C)C)cc1CO. The molecular formula is C23H28FN3O6S2. The van der Waals surface area contributed by atoms with Crippen molar-refractivity contribution in [1.29, 1.82) is 5.26 Å². The molecule has 0 saturated heterocycles. The lowest BCUT2D eigenvalue weighted by Gasteiger charge is -2.21. The second-order valence-corrected chi connectivity index (χ2v) is 12.0. The van der Waals surface area contributed by atoms with Crippen molar-refractivity contribution in [2.24, 2.45) is 0 Å². The molecule has 0 aliphatic heterocycles. The van der Waals surface area contributed by atoms with Crippen molar-refractivity contribution in [2.75, 3.05) is 7.05 Å². The van der Waals surface area contributed by atoms with Gasteiger partial charge in [0.15, 0.2) is 0 Å². The molecule has 1 amide bonds. The van der Waals surface area contributed by atoms with Crippen molar-refractivity contribution in [2.45, 2.75) is 62.3 Å². The summed E-state index contributed by atoms with van der Waals surface area (Å²) in [5.41, 5.74) is 0.717. The number of aliphatic hydroxyl groups is 1. The van der Waals surface area contributed by atoms with Crippen molar-refractivity contribution in [3.63, 3.8) is 0 Å². The summed E-state index contributed by atoms with van der Waals surface area (Å²) in [6.45, 7) is 6.28. The van der Waals surface area contributed by atoms with Crippen LogP contribution in [0.3, 0.4) is 0 Å². The highest BCUT2D eigenvalue weighted by molar-refractivity contribution is 7.90. The maximum atomic E-state index is 15.0. The first-order chi connectivity index (χ1) is 16.2. The van der Waals surface area contributed by atoms with Crippen LogP contribution in [0.25, 0.3) is 0 Å². The molecule has 0 radical (unpaired) electrons. The molecule has 9 nitrogen and oxygen atoms in total. The van der Waals surface area contributed by atoms with E-state index in [1.165, 1.54) is 13.1 Å². The van der Waals surface area contributed by atoms with Gasteiger partial charge in [-0.25, -0.2) is 30.7 Å². The molecule has 0 atom stereocenters. The molecule has 0 heterocycles. The van der Waals surface area contributed by atoms with Crippen LogP contribution in [0.2, 0.25) is 0 Å². The molecule has 2 aromatic carbocycles. The summed E-state index contributed by atoms with van der Waals surface area (Å²) < 4.78 is 68.8. The van der Waals surface area contributed by atoms with Crippen LogP contribution in [0.1, 0.15) is 67.3 Å². The lowest BCUT2D eigenvalue weighted by Crippen LogP contribution is -2.33. The van der Waals surface area contributed by atoms with E-state index in [4.69, 9.17) is 0 Å². The Morgan fingerprint density at radius 3 is 2.20 bits per heavy atom. The third kappa shape index (κ3) is 6.05. The predicted octanol–water partition coefficient (Wildman–Crippen LogP) is 2.39. The largest absolute Gasteiger partial charge is 0.392 e. The number of nitrogens with zero attached hydrogens (tertiary/aromatic N) is 1. The molecule has 2 aromatic rings. The van der Waals surface area contributed by atoms with E-state index in [9.17, 15) is 36.4 Å². The Hall–Kier alpha value is -2.85. The van der Waals surface area contributed by atoms with E-state index in [0.717, 1.165) is 18.2 Å². The van der Waals surface area contributed by atoms with Crippen LogP contribution in [0.15, 0.2) is 34.1 Å². The highest BCUT2D eigenvalue weighted by Crippen LogP contribution is 2.33. The van der Waals surface area contributed by atoms with E-state index in [2.05, 4.69) is 4.72 Å². The summed E-state index contributed by atoms with van der Waals surface area (Å²) in [6, 6.07) is 6.16. The predicted molar refractivity (Wildman–Crippen MR) is 127 cm³/mol. The van der Waals surface area contributed by atoms with Gasteiger partial charge in [-0.05, 0) is 65.4 Å². The van der Waals surface area contributed by atoms with Gasteiger partial charge in [0.2, 0.25) is 15.9 Å². The molecule has 12 heteroatoms. The average molecular weight is 526 g/mol. The fourth-order valence-corrected chi connectivity index (χ4v) is 5.73. The Labute approximate surface area is 205 Å². The molecule has 0 aliphatic rings. The third-order valence-corrected chi connectivity index (χ3v) is 8.31. The first-order valence-corrected chi connectivity index (χ1v) is 13.6. The van der Waals surface area contributed by atoms with Gasteiger partial charge >= 0.3 is 0 Å². The highest BCUT2D eigenvalue weighted by atomic mass is 32.2. The van der Waals surface area contributed by atoms with E-state index < -0.39 is 49.7 Å². The van der Waals surface area contributed by atoms with Crippen LogP contribution in [0.5, 0.6) is 0 Å². The first kappa shape index (κ1) is 28.4. The van der Waals surface area contributed by atoms with Crippen molar-refractivity contribution >= 4 is 26.0 Å². The van der Waals surface area contributed by atoms with Crippen molar-refractivity contribution < 1.29 is 31.1 Å². The molecule has 0 unspecified atom stereocenters. The van der Waals surface area contributed by atoms with Crippen molar-refractivity contribution in [3.05, 3.63) is 57.9 Å². The zero-order chi connectivity index (χ0) is 26.7. The molecule has 190 valence electrons. The molecule has 0 fully saturated rings. The number of sulfonamides is 2. The summed E-state index contributed by atoms with van der Waals surface area (Å²) in [7, 11) is -7.22. The maximum Gasteiger partial charge on any atom is 0.264 e. The molecule has 0 bridgehead atoms. The number of nitriles is 1. The number of carbonyl (C=O) groups excluding carboxylic acids is 1. The standard InChI is InChI=1S/C23H28FN3O6S2/c1-13(2)18-9-15(11-25)23(24)22(14(3)4)19(18)10-21(29)27-34(30,31)17-6-7-20(16(8-17)12-28)35(32,33)26-5/h6-9,13-14,26,28H,10,12H2,1-5H3,(H,27,29). The van der Waals surface area contributed by atoms with Crippen LogP contribution < -0.4 is 9.44 Å². The molecule has 0 aliphatic carbocycles. The van der Waals surface area contributed by atoms with Gasteiger partial charge in [0, 0.05) is 0 Å². The van der Waals surface area contributed by atoms with E-state index >= 15 is 0 Å². The minimum Gasteiger partial charge on any atom is -0.392 e. The molecular weight excluding hydrogens is 497 g/mol. The Balaban J connectivity index is 2.48. The summed E-state index contributed by atoms with van der Waals surface area (Å²) in [4.78, 5) is 12.1. The minimum absolute atomic E-state index is 0.151. The number of aliphatic hydroxyl groups excluding tert-OH is 1. The summed E-state index contributed by atoms with van der Waals surface area (Å²) >= 11 is 0. The summed E-state index contributed by atoms with van der Waals surface area (Å²) in [6.07, 6.45) is -0.456. The maximum absolute atomic E-state index is 15.0. The van der Waals surface area contributed by atoms with E-state index in [1.807, 2.05) is 24.6 Å². The van der Waals surface area contributed by atoms with Gasteiger partial charge in [0.1, 0.15) is 11.9 Å². The number of nitrogens with one attached hydrogen (secondary N) is 2. The topological polar surface area (TPSA) is 153 Å². The fraction of sp³-hybridized carbons (Fsp3) is 0.391. The second kappa shape index (κ2) is 10.8. The zero-order valence-electron chi connectivity index (χ0n) is 20.0. The molecule has 0 saturated carbocycles. The number of hydrogen-bond donors (Lipinski definition) is 3. The number of rotatable bonds is 9. The van der Waals surface area contributed by atoms with E-state index in [-0.39, 0.29) is 33.4 Å². The van der Waals surface area contributed by atoms with E-state index in [0.29, 0.717) is 11.1 Å². The first-order valence-electron chi connectivity index (χ1n) is 10.7. The molecule has 3 N–H and O–H groups in total. The average Bonchev–Trinajstić information content (AvgIpc) is 2.77. The van der Waals surface area contributed by atoms with Crippen LogP contribution in [-0.2, 0) is 37.9 Å². The Morgan fingerprint density at radius 1 is 1.09 bits per heavy atom. The van der Waals surface area contributed by atoms with E-state index in [1.54, 1.807) is 13.8 Å². The van der Waals surface area contributed by atoms with Gasteiger partial charge < -0.3 is 5.11 Å². The number of benzene rings is 2. The van der Waals surface area contributed by atoms with Gasteiger partial charge in [0.25, 0.3) is 10.0 Å². The van der Waals surface area contributed by atoms with Crippen LogP contribution in [-0.4, -0.2) is 34.9 Å². The quantitative estimate of drug-likeness (QED) is 0.454.